The molecule has 174 valence electrons. The van der Waals surface area contributed by atoms with Crippen molar-refractivity contribution in [2.24, 2.45) is 0 Å². The van der Waals surface area contributed by atoms with Crippen molar-refractivity contribution >= 4 is 22.9 Å². The summed E-state index contributed by atoms with van der Waals surface area (Å²) < 4.78 is 6.16. The van der Waals surface area contributed by atoms with Crippen molar-refractivity contribution in [1.82, 2.24) is 19.4 Å². The van der Waals surface area contributed by atoms with Gasteiger partial charge in [0.1, 0.15) is 6.54 Å². The molecule has 33 heavy (non-hydrogen) atoms. The van der Waals surface area contributed by atoms with E-state index in [2.05, 4.69) is 9.97 Å². The molecule has 0 fully saturated rings. The fourth-order valence-electron chi connectivity index (χ4n) is 3.58. The van der Waals surface area contributed by atoms with E-state index in [1.807, 2.05) is 51.1 Å². The first-order chi connectivity index (χ1) is 15.8. The van der Waals surface area contributed by atoms with Crippen molar-refractivity contribution in [1.29, 1.82) is 0 Å². The Balaban J connectivity index is 2.24. The van der Waals surface area contributed by atoms with Crippen LogP contribution in [0.2, 0.25) is 0 Å². The number of nitrogens with one attached hydrogen (secondary N) is 1. The first-order valence-electron chi connectivity index (χ1n) is 10.8. The Hall–Kier alpha value is -3.75. The predicted molar refractivity (Wildman–Crippen MR) is 124 cm³/mol. The maximum Gasteiger partial charge on any atom is 0.329 e. The average molecular weight is 453 g/mol. The van der Waals surface area contributed by atoms with Gasteiger partial charge in [0.25, 0.3) is 11.5 Å². The van der Waals surface area contributed by atoms with Crippen LogP contribution in [0.1, 0.15) is 54.7 Å². The minimum absolute atomic E-state index is 0.0281. The van der Waals surface area contributed by atoms with Crippen molar-refractivity contribution in [2.45, 2.75) is 46.2 Å². The number of H-pyrrole nitrogens is 1. The monoisotopic (exact) mass is 452 g/mol. The Morgan fingerprint density at radius 3 is 2.48 bits per heavy atom. The third-order valence-corrected chi connectivity index (χ3v) is 5.29. The Morgan fingerprint density at radius 1 is 1.18 bits per heavy atom. The van der Waals surface area contributed by atoms with Crippen molar-refractivity contribution in [3.63, 3.8) is 0 Å². The highest BCUT2D eigenvalue weighted by molar-refractivity contribution is 6.06. The molecule has 2 heterocycles. The van der Waals surface area contributed by atoms with E-state index in [4.69, 9.17) is 4.74 Å². The van der Waals surface area contributed by atoms with E-state index in [0.717, 1.165) is 5.56 Å². The van der Waals surface area contributed by atoms with Crippen LogP contribution in [0.4, 0.5) is 0 Å². The highest BCUT2D eigenvalue weighted by atomic mass is 16.5. The summed E-state index contributed by atoms with van der Waals surface area (Å²) in [5.41, 5.74) is 0.378. The fraction of sp³-hybridized carbons (Fsp3) is 0.375. The van der Waals surface area contributed by atoms with Gasteiger partial charge in [-0.05, 0) is 24.0 Å². The summed E-state index contributed by atoms with van der Waals surface area (Å²) in [6.45, 7) is 5.91. The van der Waals surface area contributed by atoms with Gasteiger partial charge in [-0.25, -0.2) is 9.78 Å². The number of carbonyl (C=O) groups is 2. The van der Waals surface area contributed by atoms with Gasteiger partial charge in [-0.15, -0.1) is 0 Å². The molecule has 0 saturated carbocycles. The van der Waals surface area contributed by atoms with E-state index in [1.54, 1.807) is 6.07 Å². The molecule has 2 aromatic heterocycles. The number of carbonyl (C=O) groups excluding carboxylic acids is 2. The second kappa shape index (κ2) is 10.2. The van der Waals surface area contributed by atoms with E-state index < -0.39 is 23.1 Å². The van der Waals surface area contributed by atoms with Gasteiger partial charge >= 0.3 is 11.7 Å². The second-order valence-corrected chi connectivity index (χ2v) is 8.08. The fourth-order valence-corrected chi connectivity index (χ4v) is 3.58. The molecule has 3 rings (SSSR count). The normalized spacial score (nSPS) is 11.1. The highest BCUT2D eigenvalue weighted by Crippen LogP contribution is 2.22. The number of hydrogen-bond donors (Lipinski definition) is 1. The van der Waals surface area contributed by atoms with Gasteiger partial charge in [0, 0.05) is 18.8 Å². The van der Waals surface area contributed by atoms with Crippen LogP contribution in [0.25, 0.3) is 11.0 Å². The van der Waals surface area contributed by atoms with Crippen molar-refractivity contribution in [3.8, 4) is 0 Å². The van der Waals surface area contributed by atoms with Gasteiger partial charge in [-0.2, -0.15) is 0 Å². The third-order valence-electron chi connectivity index (χ3n) is 5.29. The van der Waals surface area contributed by atoms with Crippen LogP contribution in [0.5, 0.6) is 0 Å². The average Bonchev–Trinajstić information content (AvgIpc) is 2.80. The molecule has 0 aliphatic rings. The molecule has 0 radical (unpaired) electrons. The number of fused-ring (bicyclic) bond motifs is 1. The molecule has 0 saturated heterocycles. The van der Waals surface area contributed by atoms with Gasteiger partial charge in [-0.1, -0.05) is 51.1 Å². The van der Waals surface area contributed by atoms with E-state index in [0.29, 0.717) is 18.7 Å². The summed E-state index contributed by atoms with van der Waals surface area (Å²) in [4.78, 5) is 59.4. The Morgan fingerprint density at radius 2 is 1.88 bits per heavy atom. The van der Waals surface area contributed by atoms with E-state index in [9.17, 15) is 19.2 Å². The van der Waals surface area contributed by atoms with Crippen LogP contribution in [0, 0.1) is 0 Å². The zero-order valence-electron chi connectivity index (χ0n) is 19.3. The van der Waals surface area contributed by atoms with Gasteiger partial charge in [0.05, 0.1) is 18.1 Å². The molecule has 0 atom stereocenters. The number of amides is 1. The standard InChI is InChI=1S/C24H28N4O5/c1-5-11-28-21-20(22(30)26-24(28)32)17(12-18(25-21)15(2)3)23(31)27(14-19(29)33-4)13-16-9-7-6-8-10-16/h6-10,12,15H,5,11,13-14H2,1-4H3,(H,26,30,32). The smallest absolute Gasteiger partial charge is 0.329 e. The van der Waals surface area contributed by atoms with Crippen LogP contribution in [0.15, 0.2) is 46.0 Å². The molecule has 0 spiro atoms. The molecule has 9 nitrogen and oxygen atoms in total. The summed E-state index contributed by atoms with van der Waals surface area (Å²) in [6.07, 6.45) is 0.639. The van der Waals surface area contributed by atoms with Crippen LogP contribution in [0.3, 0.4) is 0 Å². The topological polar surface area (TPSA) is 114 Å². The summed E-state index contributed by atoms with van der Waals surface area (Å²) in [5.74, 6) is -1.17. The number of hydrogen-bond acceptors (Lipinski definition) is 6. The number of methoxy groups -OCH3 is 1. The summed E-state index contributed by atoms with van der Waals surface area (Å²) in [6, 6.07) is 10.8. The quantitative estimate of drug-likeness (QED) is 0.525. The van der Waals surface area contributed by atoms with E-state index >= 15 is 0 Å². The lowest BCUT2D eigenvalue weighted by Crippen LogP contribution is -2.38. The molecule has 3 aromatic rings. The summed E-state index contributed by atoms with van der Waals surface area (Å²) in [5, 5.41) is 0.0281. The number of benzene rings is 1. The molecule has 0 unspecified atom stereocenters. The van der Waals surface area contributed by atoms with E-state index in [-0.39, 0.29) is 35.6 Å². The molecule has 9 heteroatoms. The number of aromatic nitrogens is 3. The van der Waals surface area contributed by atoms with Gasteiger partial charge in [0.15, 0.2) is 5.65 Å². The van der Waals surface area contributed by atoms with Crippen LogP contribution in [-0.2, 0) is 22.6 Å². The Bertz CT molecular complexity index is 1280. The Kier molecular flexibility index (Phi) is 7.42. The number of aryl methyl sites for hydroxylation is 1. The molecule has 0 aliphatic heterocycles. The predicted octanol–water partition coefficient (Wildman–Crippen LogP) is 2.43. The highest BCUT2D eigenvalue weighted by Gasteiger charge is 2.26. The maximum atomic E-state index is 13.7. The lowest BCUT2D eigenvalue weighted by Gasteiger charge is -2.23. The first-order valence-corrected chi connectivity index (χ1v) is 10.8. The van der Waals surface area contributed by atoms with Gasteiger partial charge < -0.3 is 9.64 Å². The summed E-state index contributed by atoms with van der Waals surface area (Å²) in [7, 11) is 1.25. The lowest BCUT2D eigenvalue weighted by molar-refractivity contribution is -0.141. The molecule has 1 aromatic carbocycles. The molecule has 0 bridgehead atoms. The van der Waals surface area contributed by atoms with Crippen molar-refractivity contribution in [3.05, 3.63) is 74.1 Å². The number of rotatable bonds is 8. The van der Waals surface area contributed by atoms with Crippen LogP contribution >= 0.6 is 0 Å². The zero-order valence-corrected chi connectivity index (χ0v) is 19.3. The number of nitrogens with zero attached hydrogens (tertiary/aromatic N) is 3. The number of pyridine rings is 1. The van der Waals surface area contributed by atoms with Gasteiger partial charge in [0.2, 0.25) is 0 Å². The van der Waals surface area contributed by atoms with Crippen molar-refractivity contribution in [2.75, 3.05) is 13.7 Å². The third kappa shape index (κ3) is 5.19. The molecular weight excluding hydrogens is 424 g/mol. The van der Waals surface area contributed by atoms with Gasteiger partial charge in [-0.3, -0.25) is 23.9 Å². The number of aromatic amines is 1. The largest absolute Gasteiger partial charge is 0.468 e. The molecular formula is C24H28N4O5. The maximum absolute atomic E-state index is 13.7. The minimum Gasteiger partial charge on any atom is -0.468 e. The molecule has 0 aliphatic carbocycles. The Labute approximate surface area is 191 Å². The van der Waals surface area contributed by atoms with Crippen LogP contribution in [-0.4, -0.2) is 45.0 Å². The SMILES string of the molecule is CCCn1c(=O)[nH]c(=O)c2c(C(=O)N(CC(=O)OC)Cc3ccccc3)cc(C(C)C)nc21. The number of esters is 1. The van der Waals surface area contributed by atoms with Crippen molar-refractivity contribution < 1.29 is 14.3 Å². The molecule has 1 amide bonds. The second-order valence-electron chi connectivity index (χ2n) is 8.08. The number of ether oxygens (including phenoxy) is 1. The first kappa shape index (κ1) is 23.9. The van der Waals surface area contributed by atoms with E-state index in [1.165, 1.54) is 16.6 Å². The summed E-state index contributed by atoms with van der Waals surface area (Å²) >= 11 is 0. The lowest BCUT2D eigenvalue weighted by atomic mass is 10.0. The van der Waals surface area contributed by atoms with Crippen LogP contribution < -0.4 is 11.2 Å². The molecule has 1 N–H and O–H groups in total. The zero-order chi connectivity index (χ0) is 24.1. The minimum atomic E-state index is -0.689.